The van der Waals surface area contributed by atoms with Gasteiger partial charge in [0.25, 0.3) is 5.91 Å². The first-order valence-corrected chi connectivity index (χ1v) is 9.92. The van der Waals surface area contributed by atoms with Crippen LogP contribution in [0.25, 0.3) is 0 Å². The molecule has 0 radical (unpaired) electrons. The number of carbonyl (C=O) groups excluding carboxylic acids is 1. The minimum Gasteiger partial charge on any atom is -0.426 e. The Morgan fingerprint density at radius 3 is 2.23 bits per heavy atom. The molecule has 1 aromatic rings. The molecule has 7 heteroatoms. The molecule has 3 aliphatic rings. The number of rotatable bonds is 7. The van der Waals surface area contributed by atoms with E-state index in [1.165, 1.54) is 5.56 Å². The van der Waals surface area contributed by atoms with Gasteiger partial charge in [0.2, 0.25) is 0 Å². The number of amides is 1. The zero-order chi connectivity index (χ0) is 18.8. The van der Waals surface area contributed by atoms with Gasteiger partial charge in [-0.05, 0) is 81.0 Å². The zero-order valence-electron chi connectivity index (χ0n) is 15.1. The van der Waals surface area contributed by atoms with E-state index in [0.717, 1.165) is 38.5 Å². The van der Waals surface area contributed by atoms with Crippen molar-refractivity contribution in [2.24, 2.45) is 5.73 Å². The van der Waals surface area contributed by atoms with E-state index in [9.17, 15) is 14.8 Å². The highest BCUT2D eigenvalue weighted by atomic mass is 35.5. The van der Waals surface area contributed by atoms with Crippen LogP contribution in [0.5, 0.6) is 0 Å². The quantitative estimate of drug-likeness (QED) is 0.432. The van der Waals surface area contributed by atoms with E-state index in [0.29, 0.717) is 24.9 Å². The molecule has 142 valence electrons. The van der Waals surface area contributed by atoms with Crippen molar-refractivity contribution < 1.29 is 14.8 Å². The van der Waals surface area contributed by atoms with Gasteiger partial charge in [0, 0.05) is 10.4 Å². The van der Waals surface area contributed by atoms with Gasteiger partial charge >= 0.3 is 7.12 Å². The zero-order valence-corrected chi connectivity index (χ0v) is 15.8. The van der Waals surface area contributed by atoms with Crippen molar-refractivity contribution in [1.29, 1.82) is 0 Å². The molecule has 2 bridgehead atoms. The second kappa shape index (κ2) is 7.89. The Morgan fingerprint density at radius 1 is 1.15 bits per heavy atom. The summed E-state index contributed by atoms with van der Waals surface area (Å²) in [5, 5.41) is 21.5. The molecule has 0 aromatic heterocycles. The molecule has 3 saturated carbocycles. The predicted molar refractivity (Wildman–Crippen MR) is 104 cm³/mol. The van der Waals surface area contributed by atoms with E-state index >= 15 is 0 Å². The van der Waals surface area contributed by atoms with Crippen LogP contribution in [0.2, 0.25) is 0 Å². The van der Waals surface area contributed by atoms with Crippen LogP contribution in [0, 0.1) is 0 Å². The van der Waals surface area contributed by atoms with E-state index in [1.54, 1.807) is 0 Å². The van der Waals surface area contributed by atoms with Crippen LogP contribution in [-0.2, 0) is 5.41 Å². The molecule has 0 unspecified atom stereocenters. The lowest BCUT2D eigenvalue weighted by Crippen LogP contribution is -2.46. The highest BCUT2D eigenvalue weighted by molar-refractivity contribution is 6.43. The number of halogens is 1. The van der Waals surface area contributed by atoms with Crippen LogP contribution in [0.4, 0.5) is 0 Å². The van der Waals surface area contributed by atoms with Crippen LogP contribution in [0.3, 0.4) is 0 Å². The van der Waals surface area contributed by atoms with E-state index in [4.69, 9.17) is 17.3 Å². The van der Waals surface area contributed by atoms with Crippen molar-refractivity contribution in [3.05, 3.63) is 35.4 Å². The number of nitrogens with two attached hydrogens (primary N) is 1. The lowest BCUT2D eigenvalue weighted by Gasteiger charge is -2.51. The van der Waals surface area contributed by atoms with E-state index in [1.807, 2.05) is 24.3 Å². The fourth-order valence-corrected chi connectivity index (χ4v) is 4.72. The number of fused-ring (bicyclic) bond motifs is 3. The molecule has 4 rings (SSSR count). The number of hydrogen-bond acceptors (Lipinski definition) is 4. The van der Waals surface area contributed by atoms with Gasteiger partial charge in [-0.1, -0.05) is 12.1 Å². The first kappa shape index (κ1) is 19.7. The maximum Gasteiger partial charge on any atom is 0.475 e. The molecule has 0 spiro atoms. The molecule has 5 nitrogen and oxygen atoms in total. The SMILES string of the molecule is NCCC[C@H](NC(=O)c1ccc(C23CCC(Cl)(CC2)CC3)cc1)B(O)O. The molecule has 26 heavy (non-hydrogen) atoms. The molecule has 1 atom stereocenters. The average molecular weight is 379 g/mol. The fraction of sp³-hybridized carbons (Fsp3) is 0.632. The van der Waals surface area contributed by atoms with Crippen molar-refractivity contribution in [3.63, 3.8) is 0 Å². The Morgan fingerprint density at radius 2 is 1.73 bits per heavy atom. The summed E-state index contributed by atoms with van der Waals surface area (Å²) in [4.78, 5) is 12.4. The monoisotopic (exact) mass is 378 g/mol. The van der Waals surface area contributed by atoms with E-state index in [-0.39, 0.29) is 16.2 Å². The van der Waals surface area contributed by atoms with Crippen LogP contribution in [0.1, 0.15) is 67.3 Å². The van der Waals surface area contributed by atoms with Gasteiger partial charge in [0.15, 0.2) is 0 Å². The Balaban J connectivity index is 1.66. The second-order valence-electron chi connectivity index (χ2n) is 7.93. The molecule has 1 aromatic carbocycles. The largest absolute Gasteiger partial charge is 0.475 e. The Bertz CT molecular complexity index is 614. The minimum absolute atomic E-state index is 0.0191. The van der Waals surface area contributed by atoms with Gasteiger partial charge in [-0.15, -0.1) is 11.6 Å². The number of hydrogen-bond donors (Lipinski definition) is 4. The van der Waals surface area contributed by atoms with Gasteiger partial charge in [0.05, 0.1) is 5.94 Å². The topological polar surface area (TPSA) is 95.6 Å². The minimum atomic E-state index is -1.59. The number of benzene rings is 1. The summed E-state index contributed by atoms with van der Waals surface area (Å²) in [6.45, 7) is 0.444. The summed E-state index contributed by atoms with van der Waals surface area (Å²) in [6.07, 6.45) is 7.57. The summed E-state index contributed by atoms with van der Waals surface area (Å²) in [5.74, 6) is -1.01. The van der Waals surface area contributed by atoms with Gasteiger partial charge in [-0.25, -0.2) is 0 Å². The lowest BCUT2D eigenvalue weighted by molar-refractivity contribution is 0.0940. The Labute approximate surface area is 160 Å². The second-order valence-corrected chi connectivity index (χ2v) is 8.73. The average Bonchev–Trinajstić information content (AvgIpc) is 2.66. The van der Waals surface area contributed by atoms with Gasteiger partial charge in [-0.2, -0.15) is 0 Å². The molecule has 0 heterocycles. The highest BCUT2D eigenvalue weighted by Crippen LogP contribution is 2.56. The summed E-state index contributed by atoms with van der Waals surface area (Å²) in [7, 11) is -1.59. The summed E-state index contributed by atoms with van der Waals surface area (Å²) >= 11 is 6.62. The normalized spacial score (nSPS) is 28.6. The maximum atomic E-state index is 12.4. The van der Waals surface area contributed by atoms with Crippen LogP contribution >= 0.6 is 11.6 Å². The van der Waals surface area contributed by atoms with Gasteiger partial charge < -0.3 is 21.1 Å². The Hall–Kier alpha value is -1.08. The lowest BCUT2D eigenvalue weighted by atomic mass is 9.57. The van der Waals surface area contributed by atoms with Crippen LogP contribution in [0.15, 0.2) is 24.3 Å². The Kier molecular flexibility index (Phi) is 5.97. The van der Waals surface area contributed by atoms with Crippen molar-refractivity contribution in [3.8, 4) is 0 Å². The predicted octanol–water partition coefficient (Wildman–Crippen LogP) is 2.12. The highest BCUT2D eigenvalue weighted by Gasteiger charge is 2.48. The van der Waals surface area contributed by atoms with Crippen LogP contribution < -0.4 is 11.1 Å². The maximum absolute atomic E-state index is 12.4. The fourth-order valence-electron chi connectivity index (χ4n) is 4.43. The van der Waals surface area contributed by atoms with E-state index in [2.05, 4.69) is 5.32 Å². The third-order valence-electron chi connectivity index (χ3n) is 6.31. The van der Waals surface area contributed by atoms with Crippen molar-refractivity contribution in [2.75, 3.05) is 6.54 Å². The summed E-state index contributed by atoms with van der Waals surface area (Å²) < 4.78 is 0. The van der Waals surface area contributed by atoms with Gasteiger partial charge in [0.1, 0.15) is 0 Å². The summed E-state index contributed by atoms with van der Waals surface area (Å²) in [6, 6.07) is 7.76. The molecule has 0 aliphatic heterocycles. The molecule has 3 aliphatic carbocycles. The number of carbonyl (C=O) groups is 1. The van der Waals surface area contributed by atoms with Crippen molar-refractivity contribution in [2.45, 2.75) is 67.6 Å². The van der Waals surface area contributed by atoms with Crippen molar-refractivity contribution >= 4 is 24.6 Å². The molecular weight excluding hydrogens is 350 g/mol. The molecule has 1 amide bonds. The van der Waals surface area contributed by atoms with Gasteiger partial charge in [-0.3, -0.25) is 4.79 Å². The number of alkyl halides is 1. The third kappa shape index (κ3) is 4.09. The van der Waals surface area contributed by atoms with Crippen molar-refractivity contribution in [1.82, 2.24) is 5.32 Å². The molecule has 0 saturated heterocycles. The molecular formula is C19H28BClN2O3. The molecule has 3 fully saturated rings. The smallest absolute Gasteiger partial charge is 0.426 e. The standard InChI is InChI=1S/C19H28BClN2O3/c21-19-10-7-18(8-11-19,9-12-19)15-5-3-14(4-6-15)17(24)23-16(20(25)26)2-1-13-22/h3-6,16,25-26H,1-2,7-13,22H2,(H,23,24)/t16-,18?,19?/m0/s1. The number of nitrogens with one attached hydrogen (secondary N) is 1. The first-order valence-electron chi connectivity index (χ1n) is 9.54. The third-order valence-corrected chi connectivity index (χ3v) is 6.88. The molecule has 5 N–H and O–H groups in total. The van der Waals surface area contributed by atoms with Crippen LogP contribution in [-0.4, -0.2) is 40.4 Å². The summed E-state index contributed by atoms with van der Waals surface area (Å²) in [5.41, 5.74) is 7.48. The van der Waals surface area contributed by atoms with E-state index < -0.39 is 13.1 Å². The first-order chi connectivity index (χ1) is 12.4.